The van der Waals surface area contributed by atoms with E-state index in [0.717, 1.165) is 23.4 Å². The quantitative estimate of drug-likeness (QED) is 0.847. The highest BCUT2D eigenvalue weighted by molar-refractivity contribution is 8.01. The number of nitrogens with one attached hydrogen (secondary N) is 2. The highest BCUT2D eigenvalue weighted by Crippen LogP contribution is 2.38. The first kappa shape index (κ1) is 17.6. The number of rotatable bonds is 3. The van der Waals surface area contributed by atoms with Crippen molar-refractivity contribution in [2.45, 2.75) is 55.7 Å². The third kappa shape index (κ3) is 3.89. The van der Waals surface area contributed by atoms with E-state index in [2.05, 4.69) is 24.5 Å². The number of benzene rings is 1. The summed E-state index contributed by atoms with van der Waals surface area (Å²) in [6.07, 6.45) is 3.62. The molecule has 2 amide bonds. The van der Waals surface area contributed by atoms with Gasteiger partial charge in [0.1, 0.15) is 0 Å². The summed E-state index contributed by atoms with van der Waals surface area (Å²) < 4.78 is 0. The van der Waals surface area contributed by atoms with Crippen molar-refractivity contribution in [3.8, 4) is 0 Å². The van der Waals surface area contributed by atoms with Crippen LogP contribution in [0.4, 0.5) is 5.69 Å². The summed E-state index contributed by atoms with van der Waals surface area (Å²) >= 11 is 7.39. The lowest BCUT2D eigenvalue weighted by atomic mass is 9.78. The lowest BCUT2D eigenvalue weighted by Crippen LogP contribution is -2.45. The zero-order valence-electron chi connectivity index (χ0n) is 14.0. The lowest BCUT2D eigenvalue weighted by Gasteiger charge is -2.35. The second kappa shape index (κ2) is 7.36. The molecule has 0 bridgehead atoms. The Labute approximate surface area is 152 Å². The third-order valence-corrected chi connectivity index (χ3v) is 6.70. The Kier molecular flexibility index (Phi) is 5.40. The number of hydrogen-bond acceptors (Lipinski definition) is 3. The van der Waals surface area contributed by atoms with Crippen LogP contribution in [-0.4, -0.2) is 23.1 Å². The van der Waals surface area contributed by atoms with Crippen molar-refractivity contribution in [3.05, 3.63) is 23.2 Å². The molecule has 2 N–H and O–H groups in total. The second-order valence-corrected chi connectivity index (χ2v) is 8.56. The molecular formula is C18H23ClN2O2S. The minimum atomic E-state index is -0.394. The number of amides is 2. The number of carbonyl (C=O) groups excluding carboxylic acids is 2. The van der Waals surface area contributed by atoms with Crippen LogP contribution in [0.5, 0.6) is 0 Å². The predicted octanol–water partition coefficient (Wildman–Crippen LogP) is 4.08. The fourth-order valence-corrected chi connectivity index (χ4v) is 4.74. The predicted molar refractivity (Wildman–Crippen MR) is 98.5 cm³/mol. The van der Waals surface area contributed by atoms with E-state index in [0.29, 0.717) is 16.9 Å². The van der Waals surface area contributed by atoms with E-state index in [9.17, 15) is 9.59 Å². The van der Waals surface area contributed by atoms with Crippen molar-refractivity contribution >= 4 is 40.9 Å². The normalized spacial score (nSPS) is 29.5. The topological polar surface area (TPSA) is 58.2 Å². The largest absolute Gasteiger partial charge is 0.353 e. The molecule has 1 fully saturated rings. The summed E-state index contributed by atoms with van der Waals surface area (Å²) in [4.78, 5) is 25.6. The Morgan fingerprint density at radius 2 is 2.17 bits per heavy atom. The number of anilines is 1. The van der Waals surface area contributed by atoms with Crippen molar-refractivity contribution in [3.63, 3.8) is 0 Å². The summed E-state index contributed by atoms with van der Waals surface area (Å²) in [5.41, 5.74) is 0.726. The number of fused-ring (bicyclic) bond motifs is 1. The van der Waals surface area contributed by atoms with Gasteiger partial charge in [0.15, 0.2) is 0 Å². The Hall–Kier alpha value is -1.20. The van der Waals surface area contributed by atoms with Gasteiger partial charge in [-0.2, -0.15) is 0 Å². The fourth-order valence-electron chi connectivity index (χ4n) is 3.48. The molecule has 2 aliphatic rings. The first-order chi connectivity index (χ1) is 11.4. The minimum absolute atomic E-state index is 0.0361. The van der Waals surface area contributed by atoms with Gasteiger partial charge >= 0.3 is 0 Å². The Bertz CT molecular complexity index is 652. The summed E-state index contributed by atoms with van der Waals surface area (Å²) in [7, 11) is 0. The van der Waals surface area contributed by atoms with Crippen molar-refractivity contribution < 1.29 is 9.59 Å². The molecule has 4 nitrogen and oxygen atoms in total. The zero-order chi connectivity index (χ0) is 17.3. The summed E-state index contributed by atoms with van der Waals surface area (Å²) in [6.45, 7) is 4.45. The van der Waals surface area contributed by atoms with E-state index in [-0.39, 0.29) is 24.3 Å². The molecule has 1 aliphatic heterocycles. The molecular weight excluding hydrogens is 344 g/mol. The van der Waals surface area contributed by atoms with E-state index in [1.807, 2.05) is 6.07 Å². The van der Waals surface area contributed by atoms with E-state index in [1.165, 1.54) is 18.2 Å². The summed E-state index contributed by atoms with van der Waals surface area (Å²) in [5.74, 6) is 0.951. The molecule has 0 spiro atoms. The smallest absolute Gasteiger partial charge is 0.238 e. The van der Waals surface area contributed by atoms with Crippen LogP contribution in [0.15, 0.2) is 23.1 Å². The van der Waals surface area contributed by atoms with Crippen molar-refractivity contribution in [2.75, 3.05) is 5.32 Å². The molecule has 0 saturated heterocycles. The Morgan fingerprint density at radius 1 is 1.38 bits per heavy atom. The van der Waals surface area contributed by atoms with Crippen LogP contribution in [-0.2, 0) is 9.59 Å². The molecule has 130 valence electrons. The average Bonchev–Trinajstić information content (AvgIpc) is 2.53. The highest BCUT2D eigenvalue weighted by Gasteiger charge is 2.32. The molecule has 0 aromatic heterocycles. The van der Waals surface area contributed by atoms with Gasteiger partial charge in [-0.3, -0.25) is 9.59 Å². The molecule has 1 saturated carbocycles. The van der Waals surface area contributed by atoms with E-state index >= 15 is 0 Å². The van der Waals surface area contributed by atoms with E-state index in [4.69, 9.17) is 11.6 Å². The summed E-state index contributed by atoms with van der Waals surface area (Å²) in [6, 6.07) is 5.65. The van der Waals surface area contributed by atoms with Gasteiger partial charge in [-0.05, 0) is 36.5 Å². The van der Waals surface area contributed by atoms with Gasteiger partial charge in [-0.25, -0.2) is 0 Å². The first-order valence-electron chi connectivity index (χ1n) is 8.50. The first-order valence-corrected chi connectivity index (χ1v) is 9.76. The number of thioether (sulfide) groups is 1. The van der Waals surface area contributed by atoms with E-state index < -0.39 is 5.25 Å². The average molecular weight is 367 g/mol. The SMILES string of the molecule is C[C@@H]1[C@H](C)CCC[C@@H]1NC(=O)C[C@@H]1Sc2ccc(Cl)cc2NC1=O. The van der Waals surface area contributed by atoms with Crippen LogP contribution in [0.25, 0.3) is 0 Å². The van der Waals surface area contributed by atoms with E-state index in [1.54, 1.807) is 12.1 Å². The number of carbonyl (C=O) groups is 2. The monoisotopic (exact) mass is 366 g/mol. The van der Waals surface area contributed by atoms with Gasteiger partial charge < -0.3 is 10.6 Å². The molecule has 1 aromatic rings. The molecule has 4 atom stereocenters. The summed E-state index contributed by atoms with van der Waals surface area (Å²) in [5, 5.41) is 6.19. The molecule has 1 aromatic carbocycles. The maximum atomic E-state index is 12.4. The highest BCUT2D eigenvalue weighted by atomic mass is 35.5. The van der Waals surface area contributed by atoms with Gasteiger partial charge in [0.25, 0.3) is 0 Å². The molecule has 6 heteroatoms. The van der Waals surface area contributed by atoms with Gasteiger partial charge in [-0.1, -0.05) is 38.3 Å². The van der Waals surface area contributed by atoms with Gasteiger partial charge in [0.2, 0.25) is 11.8 Å². The molecule has 1 heterocycles. The zero-order valence-corrected chi connectivity index (χ0v) is 15.5. The Morgan fingerprint density at radius 3 is 2.96 bits per heavy atom. The molecule has 1 aliphatic carbocycles. The van der Waals surface area contributed by atoms with Gasteiger partial charge in [-0.15, -0.1) is 11.8 Å². The number of halogens is 1. The molecule has 0 radical (unpaired) electrons. The maximum Gasteiger partial charge on any atom is 0.238 e. The van der Waals surface area contributed by atoms with Crippen LogP contribution < -0.4 is 10.6 Å². The van der Waals surface area contributed by atoms with Crippen LogP contribution in [0.3, 0.4) is 0 Å². The Balaban J connectivity index is 1.60. The van der Waals surface area contributed by atoms with Crippen molar-refractivity contribution in [1.82, 2.24) is 5.32 Å². The third-order valence-electron chi connectivity index (χ3n) is 5.19. The minimum Gasteiger partial charge on any atom is -0.353 e. The van der Waals surface area contributed by atoms with Crippen LogP contribution >= 0.6 is 23.4 Å². The maximum absolute atomic E-state index is 12.4. The van der Waals surface area contributed by atoms with Crippen LogP contribution in [0.2, 0.25) is 5.02 Å². The second-order valence-electron chi connectivity index (χ2n) is 6.88. The molecule has 0 unspecified atom stereocenters. The van der Waals surface area contributed by atoms with Crippen LogP contribution in [0.1, 0.15) is 39.5 Å². The molecule has 24 heavy (non-hydrogen) atoms. The van der Waals surface area contributed by atoms with Crippen molar-refractivity contribution in [2.24, 2.45) is 11.8 Å². The molecule has 3 rings (SSSR count). The number of hydrogen-bond donors (Lipinski definition) is 2. The standard InChI is InChI=1S/C18H23ClN2O2S/c1-10-4-3-5-13(11(10)2)20-17(22)9-16-18(23)21-14-8-12(19)6-7-15(14)24-16/h6-8,10-11,13,16H,3-5,9H2,1-2H3,(H,20,22)(H,21,23)/t10-,11-,13+,16+/m1/s1. The van der Waals surface area contributed by atoms with Gasteiger partial charge in [0, 0.05) is 22.4 Å². The van der Waals surface area contributed by atoms with Gasteiger partial charge in [0.05, 0.1) is 10.9 Å². The van der Waals surface area contributed by atoms with Crippen LogP contribution in [0, 0.1) is 11.8 Å². The lowest BCUT2D eigenvalue weighted by molar-refractivity contribution is -0.125. The van der Waals surface area contributed by atoms with Crippen molar-refractivity contribution in [1.29, 1.82) is 0 Å². The fraction of sp³-hybridized carbons (Fsp3) is 0.556.